The van der Waals surface area contributed by atoms with E-state index in [1.165, 1.54) is 44.3 Å². The van der Waals surface area contributed by atoms with Gasteiger partial charge in [-0.1, -0.05) is 30.3 Å². The second-order valence-electron chi connectivity index (χ2n) is 7.57. The second-order valence-corrected chi connectivity index (χ2v) is 7.57. The molecule has 1 aromatic carbocycles. The summed E-state index contributed by atoms with van der Waals surface area (Å²) in [6.07, 6.45) is 8.42. The summed E-state index contributed by atoms with van der Waals surface area (Å²) in [5.41, 5.74) is 1.43. The van der Waals surface area contributed by atoms with Crippen molar-refractivity contribution >= 4 is 0 Å². The molecule has 6 rings (SSSR count). The van der Waals surface area contributed by atoms with E-state index in [1.807, 2.05) is 6.07 Å². The van der Waals surface area contributed by atoms with E-state index < -0.39 is 0 Å². The molecular weight excluding hydrogens is 258 g/mol. The van der Waals surface area contributed by atoms with Gasteiger partial charge in [-0.25, -0.2) is 4.98 Å². The molecule has 108 valence electrons. The van der Waals surface area contributed by atoms with Gasteiger partial charge >= 0.3 is 0 Å². The van der Waals surface area contributed by atoms with Crippen LogP contribution in [0.3, 0.4) is 0 Å². The van der Waals surface area contributed by atoms with Crippen molar-refractivity contribution in [1.82, 2.24) is 15.2 Å². The Morgan fingerprint density at radius 1 is 0.905 bits per heavy atom. The van der Waals surface area contributed by atoms with Crippen molar-refractivity contribution in [2.24, 2.45) is 17.8 Å². The molecule has 0 saturated heterocycles. The number of aromatic nitrogens is 3. The first-order chi connectivity index (χ1) is 10.3. The smallest absolute Gasteiger partial charge is 0.181 e. The van der Waals surface area contributed by atoms with Crippen LogP contribution in [0.1, 0.15) is 44.3 Å². The van der Waals surface area contributed by atoms with E-state index in [-0.39, 0.29) is 0 Å². The van der Waals surface area contributed by atoms with Gasteiger partial charge in [0.25, 0.3) is 0 Å². The minimum absolute atomic E-state index is 0.314. The van der Waals surface area contributed by atoms with Crippen LogP contribution < -0.4 is 0 Å². The van der Waals surface area contributed by atoms with E-state index in [9.17, 15) is 0 Å². The van der Waals surface area contributed by atoms with E-state index in [1.54, 1.807) is 0 Å². The zero-order chi connectivity index (χ0) is 13.9. The van der Waals surface area contributed by atoms with Crippen molar-refractivity contribution in [2.75, 3.05) is 0 Å². The first kappa shape index (κ1) is 12.0. The lowest BCUT2D eigenvalue weighted by atomic mass is 9.49. The largest absolute Gasteiger partial charge is 0.262 e. The molecule has 4 bridgehead atoms. The number of nitrogens with zero attached hydrogens (tertiary/aromatic N) is 2. The number of hydrogen-bond donors (Lipinski definition) is 1. The third kappa shape index (κ3) is 1.79. The predicted octanol–water partition coefficient (Wildman–Crippen LogP) is 3.94. The van der Waals surface area contributed by atoms with E-state index in [0.717, 1.165) is 29.1 Å². The van der Waals surface area contributed by atoms with Gasteiger partial charge in [-0.2, -0.15) is 5.10 Å². The van der Waals surface area contributed by atoms with Crippen molar-refractivity contribution in [2.45, 2.75) is 43.9 Å². The first-order valence-corrected chi connectivity index (χ1v) is 8.29. The molecule has 1 aromatic heterocycles. The molecule has 1 heterocycles. The molecule has 0 unspecified atom stereocenters. The van der Waals surface area contributed by atoms with Crippen LogP contribution in [0.25, 0.3) is 11.4 Å². The molecule has 0 amide bonds. The Bertz CT molecular complexity index is 623. The van der Waals surface area contributed by atoms with Crippen molar-refractivity contribution in [1.29, 1.82) is 0 Å². The van der Waals surface area contributed by atoms with Crippen molar-refractivity contribution in [3.63, 3.8) is 0 Å². The summed E-state index contributed by atoms with van der Waals surface area (Å²) in [6, 6.07) is 10.3. The van der Waals surface area contributed by atoms with Crippen molar-refractivity contribution in [3.8, 4) is 11.4 Å². The van der Waals surface area contributed by atoms with Gasteiger partial charge in [0.05, 0.1) is 0 Å². The summed E-state index contributed by atoms with van der Waals surface area (Å²) in [5, 5.41) is 7.81. The van der Waals surface area contributed by atoms with Crippen LogP contribution in [0.15, 0.2) is 30.3 Å². The van der Waals surface area contributed by atoms with E-state index >= 15 is 0 Å². The number of rotatable bonds is 2. The van der Waals surface area contributed by atoms with Crippen LogP contribution in [-0.4, -0.2) is 15.2 Å². The normalized spacial score (nSPS) is 37.0. The average Bonchev–Trinajstić information content (AvgIpc) is 2.97. The van der Waals surface area contributed by atoms with Crippen LogP contribution in [0.2, 0.25) is 0 Å². The number of nitrogens with one attached hydrogen (secondary N) is 1. The Kier molecular flexibility index (Phi) is 2.38. The topological polar surface area (TPSA) is 41.6 Å². The molecule has 21 heavy (non-hydrogen) atoms. The molecule has 4 fully saturated rings. The molecule has 3 nitrogen and oxygen atoms in total. The summed E-state index contributed by atoms with van der Waals surface area (Å²) in [4.78, 5) is 4.90. The number of hydrogen-bond acceptors (Lipinski definition) is 2. The number of H-pyrrole nitrogens is 1. The predicted molar refractivity (Wildman–Crippen MR) is 81.7 cm³/mol. The summed E-state index contributed by atoms with van der Waals surface area (Å²) in [7, 11) is 0. The third-order valence-electron chi connectivity index (χ3n) is 6.06. The second kappa shape index (κ2) is 4.19. The molecule has 2 aromatic rings. The summed E-state index contributed by atoms with van der Waals surface area (Å²) < 4.78 is 0. The minimum Gasteiger partial charge on any atom is -0.262 e. The first-order valence-electron chi connectivity index (χ1n) is 8.29. The Balaban J connectivity index is 1.52. The van der Waals surface area contributed by atoms with Gasteiger partial charge in [-0.05, 0) is 56.3 Å². The Morgan fingerprint density at radius 2 is 1.52 bits per heavy atom. The van der Waals surface area contributed by atoms with Crippen molar-refractivity contribution in [3.05, 3.63) is 36.2 Å². The average molecular weight is 279 g/mol. The summed E-state index contributed by atoms with van der Waals surface area (Å²) in [6.45, 7) is 0. The SMILES string of the molecule is c1ccc(-c2n[nH]c(C34CC5CC(CC(C5)C3)C4)n2)cc1. The maximum absolute atomic E-state index is 4.90. The van der Waals surface area contributed by atoms with Crippen molar-refractivity contribution < 1.29 is 0 Å². The Labute approximate surface area is 125 Å². The van der Waals surface area contributed by atoms with Gasteiger partial charge in [0.15, 0.2) is 5.82 Å². The van der Waals surface area contributed by atoms with Gasteiger partial charge in [-0.15, -0.1) is 0 Å². The number of benzene rings is 1. The van der Waals surface area contributed by atoms with Crippen LogP contribution >= 0.6 is 0 Å². The molecule has 1 N–H and O–H groups in total. The molecule has 0 aliphatic heterocycles. The fourth-order valence-corrected chi connectivity index (χ4v) is 5.62. The molecule has 0 spiro atoms. The lowest BCUT2D eigenvalue weighted by Crippen LogP contribution is -2.49. The van der Waals surface area contributed by atoms with E-state index in [2.05, 4.69) is 34.5 Å². The van der Waals surface area contributed by atoms with E-state index in [0.29, 0.717) is 5.41 Å². The summed E-state index contributed by atoms with van der Waals surface area (Å²) >= 11 is 0. The highest BCUT2D eigenvalue weighted by atomic mass is 15.2. The quantitative estimate of drug-likeness (QED) is 0.904. The fourth-order valence-electron chi connectivity index (χ4n) is 5.62. The minimum atomic E-state index is 0.314. The van der Waals surface area contributed by atoms with Gasteiger partial charge in [0.2, 0.25) is 0 Å². The molecule has 4 saturated carbocycles. The lowest BCUT2D eigenvalue weighted by Gasteiger charge is -2.55. The van der Waals surface area contributed by atoms with Crippen LogP contribution in [0.4, 0.5) is 0 Å². The van der Waals surface area contributed by atoms with Gasteiger partial charge in [0, 0.05) is 11.0 Å². The third-order valence-corrected chi connectivity index (χ3v) is 6.06. The molecule has 0 radical (unpaired) electrons. The number of aromatic amines is 1. The molecule has 4 aliphatic carbocycles. The maximum atomic E-state index is 4.90. The highest BCUT2D eigenvalue weighted by molar-refractivity contribution is 5.54. The molecule has 4 aliphatic rings. The summed E-state index contributed by atoms with van der Waals surface area (Å²) in [5.74, 6) is 4.87. The van der Waals surface area contributed by atoms with Gasteiger partial charge in [-0.3, -0.25) is 5.10 Å². The van der Waals surface area contributed by atoms with Crippen LogP contribution in [0, 0.1) is 17.8 Å². The van der Waals surface area contributed by atoms with Gasteiger partial charge in [0.1, 0.15) is 5.82 Å². The zero-order valence-electron chi connectivity index (χ0n) is 12.3. The maximum Gasteiger partial charge on any atom is 0.181 e. The standard InChI is InChI=1S/C18H21N3/c1-2-4-15(5-3-1)16-19-17(21-20-16)18-9-12-6-13(10-18)8-14(7-12)11-18/h1-5,12-14H,6-11H2,(H,19,20,21). The Hall–Kier alpha value is -1.64. The monoisotopic (exact) mass is 279 g/mol. The van der Waals surface area contributed by atoms with Crippen LogP contribution in [0.5, 0.6) is 0 Å². The van der Waals surface area contributed by atoms with Gasteiger partial charge < -0.3 is 0 Å². The van der Waals surface area contributed by atoms with Crippen LogP contribution in [-0.2, 0) is 5.41 Å². The molecule has 0 atom stereocenters. The van der Waals surface area contributed by atoms with E-state index in [4.69, 9.17) is 4.98 Å². The Morgan fingerprint density at radius 3 is 2.14 bits per heavy atom. The molecular formula is C18H21N3. The lowest BCUT2D eigenvalue weighted by molar-refractivity contribution is -0.00920. The molecule has 3 heteroatoms. The highest BCUT2D eigenvalue weighted by Gasteiger charge is 2.53. The highest BCUT2D eigenvalue weighted by Crippen LogP contribution is 2.60. The fraction of sp³-hybridized carbons (Fsp3) is 0.556. The zero-order valence-corrected chi connectivity index (χ0v) is 12.3.